The molecule has 8 aliphatic rings. The summed E-state index contributed by atoms with van der Waals surface area (Å²) in [4.78, 5) is 23.6. The first-order valence-corrected chi connectivity index (χ1v) is 21.9. The Morgan fingerprint density at radius 2 is 1.08 bits per heavy atom. The zero-order valence-corrected chi connectivity index (χ0v) is 32.8. The molecule has 4 bridgehead atoms. The third-order valence-corrected chi connectivity index (χ3v) is 17.4. The van der Waals surface area contributed by atoms with Crippen molar-refractivity contribution in [3.05, 3.63) is 24.8 Å². The summed E-state index contributed by atoms with van der Waals surface area (Å²) in [6.07, 6.45) is 23.0. The number of fused-ring (bicyclic) bond motifs is 10. The predicted octanol–water partition coefficient (Wildman–Crippen LogP) is 9.61. The molecule has 52 heavy (non-hydrogen) atoms. The summed E-state index contributed by atoms with van der Waals surface area (Å²) in [7, 11) is 0. The van der Waals surface area contributed by atoms with Crippen LogP contribution in [0.25, 0.3) is 0 Å². The zero-order chi connectivity index (χ0) is 36.1. The van der Waals surface area contributed by atoms with E-state index in [0.717, 1.165) is 84.2 Å². The number of ether oxygens (including phenoxy) is 4. The van der Waals surface area contributed by atoms with E-state index in [2.05, 4.69) is 27.0 Å². The summed E-state index contributed by atoms with van der Waals surface area (Å²) in [5.74, 6) is 10.4. The third-order valence-electron chi connectivity index (χ3n) is 17.4. The number of esters is 2. The lowest BCUT2D eigenvalue weighted by molar-refractivity contribution is -0.141. The smallest absolute Gasteiger partial charge is 0.333 e. The molecular formula is C46H70O6. The molecule has 8 rings (SSSR count). The van der Waals surface area contributed by atoms with Gasteiger partial charge in [-0.1, -0.05) is 27.0 Å². The molecule has 290 valence electrons. The molecule has 8 saturated carbocycles. The largest absolute Gasteiger partial charge is 0.462 e. The highest BCUT2D eigenvalue weighted by Gasteiger charge is 2.57. The standard InChI is InChI=1S/C46H70O6/c1-6-44(47)51-24-29-16-39-30-19-32(40(21-30)43(39)18-29)25-50-37-13-9-35(10-14-37)46(4,5)34-7-11-36(12-8-34)49-23-28-15-38-31-20-33(26-52-45(48)27(2)3)41(22-31)42(38)17-28/h6,28-43H,1-2,7-26H2,3-5H3. The minimum Gasteiger partial charge on any atom is -0.462 e. The van der Waals surface area contributed by atoms with Gasteiger partial charge in [-0.15, -0.1) is 0 Å². The molecule has 0 heterocycles. The Labute approximate surface area is 315 Å². The molecule has 0 amide bonds. The minimum absolute atomic E-state index is 0.223. The average molecular weight is 719 g/mol. The molecular weight excluding hydrogens is 648 g/mol. The Kier molecular flexibility index (Phi) is 11.1. The van der Waals surface area contributed by atoms with E-state index in [-0.39, 0.29) is 11.9 Å². The van der Waals surface area contributed by atoms with Crippen molar-refractivity contribution >= 4 is 11.9 Å². The van der Waals surface area contributed by atoms with E-state index in [1.165, 1.54) is 109 Å². The van der Waals surface area contributed by atoms with Crippen LogP contribution >= 0.6 is 0 Å². The third kappa shape index (κ3) is 7.48. The minimum atomic E-state index is -0.275. The second kappa shape index (κ2) is 15.5. The molecule has 12 unspecified atom stereocenters. The highest BCUT2D eigenvalue weighted by atomic mass is 16.5. The maximum Gasteiger partial charge on any atom is 0.333 e. The highest BCUT2D eigenvalue weighted by Crippen LogP contribution is 2.63. The Morgan fingerprint density at radius 3 is 1.60 bits per heavy atom. The van der Waals surface area contributed by atoms with Gasteiger partial charge in [0.1, 0.15) is 0 Å². The van der Waals surface area contributed by atoms with Crippen molar-refractivity contribution in [1.82, 2.24) is 0 Å². The first-order valence-electron chi connectivity index (χ1n) is 21.9. The van der Waals surface area contributed by atoms with E-state index >= 15 is 0 Å². The Bertz CT molecular complexity index is 1310. The molecule has 0 spiro atoms. The fourth-order valence-corrected chi connectivity index (χ4v) is 14.7. The van der Waals surface area contributed by atoms with Crippen LogP contribution in [0.5, 0.6) is 0 Å². The van der Waals surface area contributed by atoms with Crippen LogP contribution in [0.3, 0.4) is 0 Å². The molecule has 0 aliphatic heterocycles. The lowest BCUT2D eigenvalue weighted by Gasteiger charge is -2.46. The molecule has 12 atom stereocenters. The molecule has 6 nitrogen and oxygen atoms in total. The first-order chi connectivity index (χ1) is 25.1. The van der Waals surface area contributed by atoms with Crippen molar-refractivity contribution in [3.63, 3.8) is 0 Å². The van der Waals surface area contributed by atoms with Crippen LogP contribution in [0.4, 0.5) is 0 Å². The normalized spacial score (nSPS) is 44.8. The van der Waals surface area contributed by atoms with Gasteiger partial charge in [0.05, 0.1) is 32.0 Å². The van der Waals surface area contributed by atoms with Gasteiger partial charge in [0.2, 0.25) is 0 Å². The van der Waals surface area contributed by atoms with Gasteiger partial charge in [0.25, 0.3) is 0 Å². The fraction of sp³-hybridized carbons (Fsp3) is 0.870. The van der Waals surface area contributed by atoms with E-state index < -0.39 is 0 Å². The van der Waals surface area contributed by atoms with Crippen molar-refractivity contribution < 1.29 is 28.5 Å². The molecule has 0 N–H and O–H groups in total. The molecule has 0 aromatic heterocycles. The van der Waals surface area contributed by atoms with Crippen molar-refractivity contribution in [2.75, 3.05) is 26.4 Å². The number of hydrogen-bond donors (Lipinski definition) is 0. The van der Waals surface area contributed by atoms with E-state index in [9.17, 15) is 9.59 Å². The van der Waals surface area contributed by atoms with Crippen molar-refractivity contribution in [2.24, 2.45) is 88.3 Å². The van der Waals surface area contributed by atoms with Crippen LogP contribution in [0.15, 0.2) is 24.8 Å². The van der Waals surface area contributed by atoms with Crippen LogP contribution < -0.4 is 0 Å². The van der Waals surface area contributed by atoms with Gasteiger partial charge in [0.15, 0.2) is 0 Å². The highest BCUT2D eigenvalue weighted by molar-refractivity contribution is 5.86. The lowest BCUT2D eigenvalue weighted by atomic mass is 9.60. The van der Waals surface area contributed by atoms with Gasteiger partial charge in [0, 0.05) is 18.3 Å². The van der Waals surface area contributed by atoms with Crippen molar-refractivity contribution in [3.8, 4) is 0 Å². The van der Waals surface area contributed by atoms with E-state index in [0.29, 0.717) is 48.2 Å². The predicted molar refractivity (Wildman–Crippen MR) is 203 cm³/mol. The Balaban J connectivity index is 0.715. The van der Waals surface area contributed by atoms with Gasteiger partial charge in [-0.3, -0.25) is 0 Å². The monoisotopic (exact) mass is 719 g/mol. The number of rotatable bonds is 14. The zero-order valence-electron chi connectivity index (χ0n) is 32.8. The summed E-state index contributed by atoms with van der Waals surface area (Å²) in [5, 5.41) is 0. The van der Waals surface area contributed by atoms with Crippen LogP contribution in [0, 0.1) is 88.3 Å². The summed E-state index contributed by atoms with van der Waals surface area (Å²) in [6.45, 7) is 17.3. The summed E-state index contributed by atoms with van der Waals surface area (Å²) in [5.41, 5.74) is 0.906. The second-order valence-electron chi connectivity index (χ2n) is 20.3. The van der Waals surface area contributed by atoms with E-state index in [4.69, 9.17) is 18.9 Å². The van der Waals surface area contributed by atoms with Crippen LogP contribution in [-0.2, 0) is 28.5 Å². The van der Waals surface area contributed by atoms with Gasteiger partial charge in [-0.2, -0.15) is 0 Å². The van der Waals surface area contributed by atoms with Crippen molar-refractivity contribution in [1.29, 1.82) is 0 Å². The molecule has 0 radical (unpaired) electrons. The van der Waals surface area contributed by atoms with Gasteiger partial charge in [-0.25, -0.2) is 9.59 Å². The first kappa shape index (κ1) is 37.3. The average Bonchev–Trinajstić information content (AvgIpc) is 4.00. The maximum absolute atomic E-state index is 12.0. The molecule has 8 aliphatic carbocycles. The summed E-state index contributed by atoms with van der Waals surface area (Å²) < 4.78 is 24.5. The van der Waals surface area contributed by atoms with E-state index in [1.807, 2.05) is 0 Å². The molecule has 0 aromatic rings. The molecule has 0 aromatic carbocycles. The SMILES string of the molecule is C=CC(=O)OCC1CC2C3CC(COC4CCC(C(C)(C)C5CCC(OCC6CC7C8CC(COC(=O)C(=C)C)C(C8)C7C6)CC5)CC4)C(C3)C2C1. The molecule has 6 heteroatoms. The quantitative estimate of drug-likeness (QED) is 0.132. The summed E-state index contributed by atoms with van der Waals surface area (Å²) in [6, 6.07) is 0. The fourth-order valence-electron chi connectivity index (χ4n) is 14.7. The van der Waals surface area contributed by atoms with Crippen LogP contribution in [0.2, 0.25) is 0 Å². The number of carbonyl (C=O) groups is 2. The van der Waals surface area contributed by atoms with Crippen LogP contribution in [0.1, 0.15) is 124 Å². The lowest BCUT2D eigenvalue weighted by Crippen LogP contribution is -2.39. The topological polar surface area (TPSA) is 71.1 Å². The molecule has 0 saturated heterocycles. The second-order valence-corrected chi connectivity index (χ2v) is 20.3. The van der Waals surface area contributed by atoms with E-state index in [1.54, 1.807) is 6.92 Å². The van der Waals surface area contributed by atoms with Gasteiger partial charge in [-0.05, 0) is 198 Å². The number of carbonyl (C=O) groups excluding carboxylic acids is 2. The van der Waals surface area contributed by atoms with Crippen molar-refractivity contribution in [2.45, 2.75) is 136 Å². The maximum atomic E-state index is 12.0. The molecule has 8 fully saturated rings. The van der Waals surface area contributed by atoms with Gasteiger partial charge >= 0.3 is 11.9 Å². The van der Waals surface area contributed by atoms with Gasteiger partial charge < -0.3 is 18.9 Å². The Morgan fingerprint density at radius 1 is 0.596 bits per heavy atom. The van der Waals surface area contributed by atoms with Crippen LogP contribution in [-0.4, -0.2) is 50.6 Å². The summed E-state index contributed by atoms with van der Waals surface area (Å²) >= 11 is 0. The Hall–Kier alpha value is -1.66. The number of hydrogen-bond acceptors (Lipinski definition) is 6.